The zero-order valence-corrected chi connectivity index (χ0v) is 8.53. The van der Waals surface area contributed by atoms with Crippen molar-refractivity contribution in [3.05, 3.63) is 29.6 Å². The van der Waals surface area contributed by atoms with E-state index in [9.17, 15) is 4.79 Å². The second-order valence-corrected chi connectivity index (χ2v) is 3.60. The van der Waals surface area contributed by atoms with Crippen LogP contribution in [0, 0.1) is 0 Å². The van der Waals surface area contributed by atoms with Crippen molar-refractivity contribution in [3.8, 4) is 0 Å². The molecule has 76 valence electrons. The summed E-state index contributed by atoms with van der Waals surface area (Å²) >= 11 is 0. The molecule has 0 aliphatic heterocycles. The second-order valence-electron chi connectivity index (χ2n) is 3.60. The SMILES string of the molecule is CC(C)c1cccc(CCC(=O)O)n1. The van der Waals surface area contributed by atoms with Crippen LogP contribution in [-0.4, -0.2) is 16.1 Å². The number of pyridine rings is 1. The summed E-state index contributed by atoms with van der Waals surface area (Å²) in [5, 5.41) is 8.53. The van der Waals surface area contributed by atoms with E-state index in [1.165, 1.54) is 0 Å². The normalized spacial score (nSPS) is 10.5. The van der Waals surface area contributed by atoms with Crippen LogP contribution in [0.2, 0.25) is 0 Å². The Balaban J connectivity index is 2.68. The zero-order valence-electron chi connectivity index (χ0n) is 8.53. The van der Waals surface area contributed by atoms with Crippen LogP contribution >= 0.6 is 0 Å². The summed E-state index contributed by atoms with van der Waals surface area (Å²) < 4.78 is 0. The van der Waals surface area contributed by atoms with Crippen molar-refractivity contribution in [3.63, 3.8) is 0 Å². The number of hydrogen-bond acceptors (Lipinski definition) is 2. The highest BCUT2D eigenvalue weighted by Gasteiger charge is 2.03. The third-order valence-electron chi connectivity index (χ3n) is 2.01. The van der Waals surface area contributed by atoms with E-state index in [1.807, 2.05) is 18.2 Å². The molecule has 0 spiro atoms. The maximum Gasteiger partial charge on any atom is 0.303 e. The van der Waals surface area contributed by atoms with Crippen LogP contribution in [0.5, 0.6) is 0 Å². The van der Waals surface area contributed by atoms with Crippen LogP contribution in [0.15, 0.2) is 18.2 Å². The van der Waals surface area contributed by atoms with Gasteiger partial charge in [0.25, 0.3) is 0 Å². The van der Waals surface area contributed by atoms with Gasteiger partial charge in [-0.1, -0.05) is 19.9 Å². The lowest BCUT2D eigenvalue weighted by molar-refractivity contribution is -0.136. The molecular weight excluding hydrogens is 178 g/mol. The van der Waals surface area contributed by atoms with Crippen LogP contribution < -0.4 is 0 Å². The Morgan fingerprint density at radius 1 is 1.50 bits per heavy atom. The Bertz CT molecular complexity index is 321. The molecule has 0 aliphatic carbocycles. The molecule has 0 fully saturated rings. The molecule has 1 N–H and O–H groups in total. The number of carbonyl (C=O) groups is 1. The first-order valence-electron chi connectivity index (χ1n) is 4.77. The van der Waals surface area contributed by atoms with E-state index in [2.05, 4.69) is 18.8 Å². The molecule has 0 aromatic carbocycles. The molecule has 1 rings (SSSR count). The fourth-order valence-corrected chi connectivity index (χ4v) is 1.19. The molecule has 1 heterocycles. The second kappa shape index (κ2) is 4.74. The van der Waals surface area contributed by atoms with Crippen molar-refractivity contribution in [1.82, 2.24) is 4.98 Å². The molecule has 3 nitrogen and oxygen atoms in total. The molecular formula is C11H15NO2. The molecule has 0 atom stereocenters. The average Bonchev–Trinajstić information content (AvgIpc) is 2.15. The Labute approximate surface area is 83.8 Å². The molecule has 0 saturated heterocycles. The number of nitrogens with zero attached hydrogens (tertiary/aromatic N) is 1. The summed E-state index contributed by atoms with van der Waals surface area (Å²) in [7, 11) is 0. The molecule has 1 aromatic rings. The number of rotatable bonds is 4. The summed E-state index contributed by atoms with van der Waals surface area (Å²) in [5.74, 6) is -0.387. The van der Waals surface area contributed by atoms with Gasteiger partial charge in [-0.25, -0.2) is 0 Å². The highest BCUT2D eigenvalue weighted by atomic mass is 16.4. The number of carboxylic acid groups (broad SMARTS) is 1. The van der Waals surface area contributed by atoms with Gasteiger partial charge in [0.2, 0.25) is 0 Å². The van der Waals surface area contributed by atoms with Gasteiger partial charge in [-0.05, 0) is 18.1 Å². The molecule has 1 aromatic heterocycles. The topological polar surface area (TPSA) is 50.2 Å². The Hall–Kier alpha value is -1.38. The zero-order chi connectivity index (χ0) is 10.6. The maximum absolute atomic E-state index is 10.4. The van der Waals surface area contributed by atoms with E-state index in [0.717, 1.165) is 11.4 Å². The van der Waals surface area contributed by atoms with Gasteiger partial charge < -0.3 is 5.11 Å². The van der Waals surface area contributed by atoms with E-state index in [1.54, 1.807) is 0 Å². The maximum atomic E-state index is 10.4. The van der Waals surface area contributed by atoms with Gasteiger partial charge in [-0.15, -0.1) is 0 Å². The largest absolute Gasteiger partial charge is 0.481 e. The summed E-state index contributed by atoms with van der Waals surface area (Å²) in [6.45, 7) is 4.15. The molecule has 0 saturated carbocycles. The highest BCUT2D eigenvalue weighted by molar-refractivity contribution is 5.66. The fraction of sp³-hybridized carbons (Fsp3) is 0.455. The number of aliphatic carboxylic acids is 1. The number of carboxylic acids is 1. The van der Waals surface area contributed by atoms with Gasteiger partial charge >= 0.3 is 5.97 Å². The Morgan fingerprint density at radius 2 is 2.21 bits per heavy atom. The van der Waals surface area contributed by atoms with Crippen LogP contribution in [0.3, 0.4) is 0 Å². The summed E-state index contributed by atoms with van der Waals surface area (Å²) in [6, 6.07) is 5.77. The van der Waals surface area contributed by atoms with Gasteiger partial charge in [-0.3, -0.25) is 9.78 Å². The fourth-order valence-electron chi connectivity index (χ4n) is 1.19. The van der Waals surface area contributed by atoms with Crippen molar-refractivity contribution in [1.29, 1.82) is 0 Å². The van der Waals surface area contributed by atoms with E-state index in [-0.39, 0.29) is 6.42 Å². The number of hydrogen-bond donors (Lipinski definition) is 1. The van der Waals surface area contributed by atoms with Crippen LogP contribution in [-0.2, 0) is 11.2 Å². The molecule has 0 aliphatic rings. The Morgan fingerprint density at radius 3 is 2.79 bits per heavy atom. The lowest BCUT2D eigenvalue weighted by Gasteiger charge is -2.05. The first kappa shape index (κ1) is 10.7. The van der Waals surface area contributed by atoms with Crippen molar-refractivity contribution >= 4 is 5.97 Å². The molecule has 0 unspecified atom stereocenters. The van der Waals surface area contributed by atoms with E-state index >= 15 is 0 Å². The third kappa shape index (κ3) is 3.17. The summed E-state index contributed by atoms with van der Waals surface area (Å²) in [4.78, 5) is 14.7. The minimum atomic E-state index is -0.776. The molecule has 0 amide bonds. The van der Waals surface area contributed by atoms with Gasteiger partial charge in [0.1, 0.15) is 0 Å². The van der Waals surface area contributed by atoms with E-state index in [0.29, 0.717) is 12.3 Å². The first-order chi connectivity index (χ1) is 6.59. The van der Waals surface area contributed by atoms with Gasteiger partial charge in [0.05, 0.1) is 6.42 Å². The summed E-state index contributed by atoms with van der Waals surface area (Å²) in [5.41, 5.74) is 1.88. The van der Waals surface area contributed by atoms with Crippen molar-refractivity contribution in [2.45, 2.75) is 32.6 Å². The minimum Gasteiger partial charge on any atom is -0.481 e. The number of aryl methyl sites for hydroxylation is 1. The quantitative estimate of drug-likeness (QED) is 0.797. The monoisotopic (exact) mass is 193 g/mol. The lowest BCUT2D eigenvalue weighted by atomic mass is 10.1. The molecule has 3 heteroatoms. The van der Waals surface area contributed by atoms with Crippen LogP contribution in [0.1, 0.15) is 37.6 Å². The van der Waals surface area contributed by atoms with Crippen molar-refractivity contribution in [2.75, 3.05) is 0 Å². The van der Waals surface area contributed by atoms with Crippen LogP contribution in [0.25, 0.3) is 0 Å². The van der Waals surface area contributed by atoms with Crippen molar-refractivity contribution in [2.24, 2.45) is 0 Å². The number of aromatic nitrogens is 1. The third-order valence-corrected chi connectivity index (χ3v) is 2.01. The molecule has 0 radical (unpaired) electrons. The Kier molecular flexibility index (Phi) is 3.63. The minimum absolute atomic E-state index is 0.147. The standard InChI is InChI=1S/C11H15NO2/c1-8(2)10-5-3-4-9(12-10)6-7-11(13)14/h3-5,8H,6-7H2,1-2H3,(H,13,14). The van der Waals surface area contributed by atoms with E-state index < -0.39 is 5.97 Å². The lowest BCUT2D eigenvalue weighted by Crippen LogP contribution is -2.01. The van der Waals surface area contributed by atoms with Crippen LogP contribution in [0.4, 0.5) is 0 Å². The first-order valence-corrected chi connectivity index (χ1v) is 4.77. The van der Waals surface area contributed by atoms with Crippen molar-refractivity contribution < 1.29 is 9.90 Å². The summed E-state index contributed by atoms with van der Waals surface area (Å²) in [6.07, 6.45) is 0.657. The van der Waals surface area contributed by atoms with Gasteiger partial charge in [0, 0.05) is 17.8 Å². The predicted octanol–water partition coefficient (Wildman–Crippen LogP) is 2.22. The van der Waals surface area contributed by atoms with Gasteiger partial charge in [-0.2, -0.15) is 0 Å². The average molecular weight is 193 g/mol. The smallest absolute Gasteiger partial charge is 0.303 e. The molecule has 0 bridgehead atoms. The molecule has 14 heavy (non-hydrogen) atoms. The van der Waals surface area contributed by atoms with Gasteiger partial charge in [0.15, 0.2) is 0 Å². The van der Waals surface area contributed by atoms with E-state index in [4.69, 9.17) is 5.11 Å². The predicted molar refractivity (Wildman–Crippen MR) is 54.3 cm³/mol. The highest BCUT2D eigenvalue weighted by Crippen LogP contribution is 2.12.